The van der Waals surface area contributed by atoms with Crippen molar-refractivity contribution in [3.63, 3.8) is 0 Å². The molecule has 0 aliphatic carbocycles. The number of benzene rings is 3. The third-order valence-electron chi connectivity index (χ3n) is 5.39. The highest BCUT2D eigenvalue weighted by Crippen LogP contribution is 2.30. The molecule has 1 amide bonds. The number of hydrogen-bond acceptors (Lipinski definition) is 4. The molecule has 0 bridgehead atoms. The van der Waals surface area contributed by atoms with Crippen molar-refractivity contribution in [1.82, 2.24) is 4.98 Å². The fourth-order valence-corrected chi connectivity index (χ4v) is 4.86. The molecule has 1 saturated heterocycles. The predicted molar refractivity (Wildman–Crippen MR) is 119 cm³/mol. The Morgan fingerprint density at radius 2 is 1.90 bits per heavy atom. The van der Waals surface area contributed by atoms with E-state index in [9.17, 15) is 4.79 Å². The van der Waals surface area contributed by atoms with E-state index >= 15 is 0 Å². The zero-order valence-corrected chi connectivity index (χ0v) is 16.9. The average Bonchev–Trinajstić information content (AvgIpc) is 3.41. The van der Waals surface area contributed by atoms with Gasteiger partial charge in [0.2, 0.25) is 5.91 Å². The normalized spacial score (nSPS) is 16.5. The number of hydrogen-bond donors (Lipinski definition) is 0. The first kappa shape index (κ1) is 18.3. The number of carbonyl (C=O) groups excluding carboxylic acids is 1. The number of para-hydroxylation sites is 1. The molecule has 3 aromatic carbocycles. The summed E-state index contributed by atoms with van der Waals surface area (Å²) >= 11 is 1.57. The van der Waals surface area contributed by atoms with E-state index in [2.05, 4.69) is 30.3 Å². The molecule has 0 N–H and O–H groups in total. The molecule has 4 nitrogen and oxygen atoms in total. The molecule has 5 heteroatoms. The number of ether oxygens (including phenoxy) is 1. The first-order chi connectivity index (χ1) is 14.3. The van der Waals surface area contributed by atoms with E-state index in [0.717, 1.165) is 45.7 Å². The summed E-state index contributed by atoms with van der Waals surface area (Å²) in [5, 5.41) is 3.10. The predicted octanol–water partition coefficient (Wildman–Crippen LogP) is 5.20. The van der Waals surface area contributed by atoms with Crippen molar-refractivity contribution >= 4 is 43.4 Å². The van der Waals surface area contributed by atoms with Crippen LogP contribution in [0.3, 0.4) is 0 Å². The first-order valence-electron chi connectivity index (χ1n) is 10.0. The van der Waals surface area contributed by atoms with Gasteiger partial charge in [0.1, 0.15) is 0 Å². The van der Waals surface area contributed by atoms with Crippen LogP contribution in [0.2, 0.25) is 0 Å². The highest BCUT2D eigenvalue weighted by molar-refractivity contribution is 7.22. The smallest absolute Gasteiger partial charge is 0.233 e. The lowest BCUT2D eigenvalue weighted by Crippen LogP contribution is -2.38. The Kier molecular flexibility index (Phi) is 5.00. The van der Waals surface area contributed by atoms with Gasteiger partial charge in [-0.05, 0) is 41.3 Å². The third kappa shape index (κ3) is 3.88. The number of aromatic nitrogens is 1. The van der Waals surface area contributed by atoms with Crippen molar-refractivity contribution in [2.24, 2.45) is 0 Å². The average molecular weight is 403 g/mol. The monoisotopic (exact) mass is 402 g/mol. The number of amides is 1. The summed E-state index contributed by atoms with van der Waals surface area (Å²) < 4.78 is 6.92. The zero-order valence-electron chi connectivity index (χ0n) is 16.1. The number of fused-ring (bicyclic) bond motifs is 2. The maximum atomic E-state index is 13.4. The van der Waals surface area contributed by atoms with Gasteiger partial charge in [-0.2, -0.15) is 0 Å². The van der Waals surface area contributed by atoms with E-state index in [-0.39, 0.29) is 12.0 Å². The van der Waals surface area contributed by atoms with Gasteiger partial charge in [-0.3, -0.25) is 9.69 Å². The second kappa shape index (κ2) is 7.93. The van der Waals surface area contributed by atoms with Gasteiger partial charge < -0.3 is 4.74 Å². The lowest BCUT2D eigenvalue weighted by molar-refractivity contribution is -0.118. The minimum absolute atomic E-state index is 0.0647. The standard InChI is InChI=1S/C24H22N2O2S/c27-23(15-17-11-12-18-6-1-2-7-19(18)14-17)26(16-20-8-5-13-28-20)24-25-21-9-3-4-10-22(21)29-24/h1-4,6-7,9-12,14,20H,5,8,13,15-16H2. The molecule has 4 aromatic rings. The Balaban J connectivity index is 1.44. The van der Waals surface area contributed by atoms with Gasteiger partial charge >= 0.3 is 0 Å². The van der Waals surface area contributed by atoms with E-state index in [1.807, 2.05) is 41.3 Å². The highest BCUT2D eigenvalue weighted by Gasteiger charge is 2.26. The van der Waals surface area contributed by atoms with Crippen LogP contribution < -0.4 is 4.90 Å². The molecule has 0 saturated carbocycles. The van der Waals surface area contributed by atoms with Crippen molar-refractivity contribution in [2.45, 2.75) is 25.4 Å². The lowest BCUT2D eigenvalue weighted by Gasteiger charge is -2.23. The van der Waals surface area contributed by atoms with Crippen LogP contribution in [0.25, 0.3) is 21.0 Å². The molecule has 1 unspecified atom stereocenters. The summed E-state index contributed by atoms with van der Waals surface area (Å²) in [5.41, 5.74) is 1.95. The summed E-state index contributed by atoms with van der Waals surface area (Å²) in [4.78, 5) is 19.9. The second-order valence-corrected chi connectivity index (χ2v) is 8.47. The number of anilines is 1. The zero-order chi connectivity index (χ0) is 19.6. The highest BCUT2D eigenvalue weighted by atomic mass is 32.1. The SMILES string of the molecule is O=C(Cc1ccc2ccccc2c1)N(CC1CCCO1)c1nc2ccccc2s1. The van der Waals surface area contributed by atoms with Gasteiger partial charge in [0.25, 0.3) is 0 Å². The van der Waals surface area contributed by atoms with Gasteiger partial charge in [0, 0.05) is 6.61 Å². The van der Waals surface area contributed by atoms with Crippen molar-refractivity contribution in [3.05, 3.63) is 72.3 Å². The van der Waals surface area contributed by atoms with Crippen molar-refractivity contribution < 1.29 is 9.53 Å². The van der Waals surface area contributed by atoms with Crippen LogP contribution in [0.1, 0.15) is 18.4 Å². The summed E-state index contributed by atoms with van der Waals surface area (Å²) in [7, 11) is 0. The molecule has 5 rings (SSSR count). The fraction of sp³-hybridized carbons (Fsp3) is 0.250. The van der Waals surface area contributed by atoms with Gasteiger partial charge in [-0.1, -0.05) is 65.9 Å². The van der Waals surface area contributed by atoms with Crippen LogP contribution in [0.5, 0.6) is 0 Å². The van der Waals surface area contributed by atoms with Gasteiger partial charge in [0.05, 0.1) is 29.3 Å². The maximum absolute atomic E-state index is 13.4. The Morgan fingerprint density at radius 1 is 1.07 bits per heavy atom. The minimum atomic E-state index is 0.0647. The van der Waals surface area contributed by atoms with Crippen LogP contribution in [0, 0.1) is 0 Å². The van der Waals surface area contributed by atoms with Gasteiger partial charge in [0.15, 0.2) is 5.13 Å². The molecule has 1 aliphatic heterocycles. The number of nitrogens with zero attached hydrogens (tertiary/aromatic N) is 2. The molecular formula is C24H22N2O2S. The van der Waals surface area contributed by atoms with E-state index in [4.69, 9.17) is 9.72 Å². The van der Waals surface area contributed by atoms with E-state index < -0.39 is 0 Å². The summed E-state index contributed by atoms with van der Waals surface area (Å²) in [5.74, 6) is 0.0647. The fourth-order valence-electron chi connectivity index (χ4n) is 3.87. The van der Waals surface area contributed by atoms with Gasteiger partial charge in [-0.25, -0.2) is 4.98 Å². The number of rotatable bonds is 5. The Morgan fingerprint density at radius 3 is 2.72 bits per heavy atom. The second-order valence-electron chi connectivity index (χ2n) is 7.46. The molecular weight excluding hydrogens is 380 g/mol. The Labute approximate surface area is 173 Å². The molecule has 1 atom stereocenters. The summed E-state index contributed by atoms with van der Waals surface area (Å²) in [6.45, 7) is 1.34. The van der Waals surface area contributed by atoms with Crippen LogP contribution >= 0.6 is 11.3 Å². The van der Waals surface area contributed by atoms with Crippen LogP contribution in [0.15, 0.2) is 66.7 Å². The molecule has 0 radical (unpaired) electrons. The van der Waals surface area contributed by atoms with Crippen molar-refractivity contribution in [2.75, 3.05) is 18.1 Å². The molecule has 0 spiro atoms. The summed E-state index contributed by atoms with van der Waals surface area (Å²) in [6.07, 6.45) is 2.48. The molecule has 146 valence electrons. The van der Waals surface area contributed by atoms with Crippen LogP contribution in [0.4, 0.5) is 5.13 Å². The molecule has 1 aromatic heterocycles. The van der Waals surface area contributed by atoms with Crippen molar-refractivity contribution in [1.29, 1.82) is 0 Å². The largest absolute Gasteiger partial charge is 0.376 e. The van der Waals surface area contributed by atoms with Gasteiger partial charge in [-0.15, -0.1) is 0 Å². The van der Waals surface area contributed by atoms with Crippen LogP contribution in [-0.2, 0) is 16.0 Å². The van der Waals surface area contributed by atoms with E-state index in [1.165, 1.54) is 5.39 Å². The maximum Gasteiger partial charge on any atom is 0.233 e. The first-order valence-corrected chi connectivity index (χ1v) is 10.8. The minimum Gasteiger partial charge on any atom is -0.376 e. The Bertz CT molecular complexity index is 1130. The van der Waals surface area contributed by atoms with Crippen molar-refractivity contribution in [3.8, 4) is 0 Å². The summed E-state index contributed by atoms with van der Waals surface area (Å²) in [6, 6.07) is 22.5. The number of thiazole rings is 1. The molecule has 29 heavy (non-hydrogen) atoms. The third-order valence-corrected chi connectivity index (χ3v) is 6.45. The van der Waals surface area contributed by atoms with Crippen LogP contribution in [-0.4, -0.2) is 30.1 Å². The topological polar surface area (TPSA) is 42.4 Å². The molecule has 2 heterocycles. The molecule has 1 aliphatic rings. The lowest BCUT2D eigenvalue weighted by atomic mass is 10.0. The Hall–Kier alpha value is -2.76. The van der Waals surface area contributed by atoms with E-state index in [0.29, 0.717) is 13.0 Å². The van der Waals surface area contributed by atoms with E-state index in [1.54, 1.807) is 11.3 Å². The number of carbonyl (C=O) groups is 1. The quantitative estimate of drug-likeness (QED) is 0.460. The molecule has 1 fully saturated rings.